The molecule has 1 aromatic heterocycles. The number of tetrazole rings is 1. The first-order chi connectivity index (χ1) is 9.70. The number of aromatic nitrogens is 4. The lowest BCUT2D eigenvalue weighted by Crippen LogP contribution is -2.22. The van der Waals surface area contributed by atoms with Crippen LogP contribution < -0.4 is 5.73 Å². The molecule has 2 aromatic rings. The molecule has 7 heteroatoms. The fourth-order valence-electron chi connectivity index (χ4n) is 2.75. The van der Waals surface area contributed by atoms with Crippen LogP contribution in [0.5, 0.6) is 0 Å². The third-order valence-electron chi connectivity index (χ3n) is 3.78. The lowest BCUT2D eigenvalue weighted by Gasteiger charge is -2.19. The summed E-state index contributed by atoms with van der Waals surface area (Å²) in [5.74, 6) is 0.147. The van der Waals surface area contributed by atoms with E-state index in [0.717, 1.165) is 19.3 Å². The van der Waals surface area contributed by atoms with E-state index in [1.807, 2.05) is 0 Å². The quantitative estimate of drug-likeness (QED) is 0.865. The summed E-state index contributed by atoms with van der Waals surface area (Å²) in [6.45, 7) is 0. The zero-order valence-electron chi connectivity index (χ0n) is 11.2. The highest BCUT2D eigenvalue weighted by Gasteiger charge is 2.31. The lowest BCUT2D eigenvalue weighted by atomic mass is 10.1. The molecule has 0 saturated heterocycles. The van der Waals surface area contributed by atoms with Gasteiger partial charge in [0, 0.05) is 12.7 Å². The molecule has 1 saturated carbocycles. The van der Waals surface area contributed by atoms with E-state index < -0.39 is 5.82 Å². The summed E-state index contributed by atoms with van der Waals surface area (Å²) in [6.07, 6.45) is 3.14. The zero-order valence-corrected chi connectivity index (χ0v) is 11.2. The van der Waals surface area contributed by atoms with E-state index in [1.165, 1.54) is 6.07 Å². The Morgan fingerprint density at radius 1 is 1.40 bits per heavy atom. The predicted molar refractivity (Wildman–Crippen MR) is 71.3 cm³/mol. The summed E-state index contributed by atoms with van der Waals surface area (Å²) < 4.78 is 20.5. The van der Waals surface area contributed by atoms with Gasteiger partial charge < -0.3 is 10.5 Å². The SMILES string of the molecule is COC1CCCC1n1nnnc1-c1ccc(F)c(N)c1. The first kappa shape index (κ1) is 13.0. The molecule has 0 bridgehead atoms. The van der Waals surface area contributed by atoms with Crippen LogP contribution in [-0.4, -0.2) is 33.4 Å². The number of ether oxygens (including phenoxy) is 1. The Bertz CT molecular complexity index is 615. The average Bonchev–Trinajstić information content (AvgIpc) is 3.08. The first-order valence-corrected chi connectivity index (χ1v) is 6.56. The number of nitrogen functional groups attached to an aromatic ring is 1. The molecule has 0 radical (unpaired) electrons. The fraction of sp³-hybridized carbons (Fsp3) is 0.462. The molecule has 3 rings (SSSR count). The number of rotatable bonds is 3. The molecule has 2 unspecified atom stereocenters. The second kappa shape index (κ2) is 5.16. The third-order valence-corrected chi connectivity index (χ3v) is 3.78. The van der Waals surface area contributed by atoms with Crippen molar-refractivity contribution >= 4 is 5.69 Å². The normalized spacial score (nSPS) is 22.3. The summed E-state index contributed by atoms with van der Waals surface area (Å²) in [7, 11) is 1.70. The van der Waals surface area contributed by atoms with Gasteiger partial charge in [-0.15, -0.1) is 5.10 Å². The van der Waals surface area contributed by atoms with Gasteiger partial charge in [0.05, 0.1) is 17.8 Å². The van der Waals surface area contributed by atoms with Crippen molar-refractivity contribution in [3.63, 3.8) is 0 Å². The van der Waals surface area contributed by atoms with E-state index in [-0.39, 0.29) is 17.8 Å². The number of halogens is 1. The van der Waals surface area contributed by atoms with E-state index in [1.54, 1.807) is 23.9 Å². The molecule has 1 heterocycles. The minimum absolute atomic E-state index is 0.0896. The molecular weight excluding hydrogens is 261 g/mol. The zero-order chi connectivity index (χ0) is 14.1. The van der Waals surface area contributed by atoms with Crippen LogP contribution in [0.3, 0.4) is 0 Å². The van der Waals surface area contributed by atoms with Crippen molar-refractivity contribution in [3.05, 3.63) is 24.0 Å². The molecule has 2 N–H and O–H groups in total. The summed E-state index contributed by atoms with van der Waals surface area (Å²) in [6, 6.07) is 4.61. The molecule has 20 heavy (non-hydrogen) atoms. The van der Waals surface area contributed by atoms with Crippen LogP contribution in [0.4, 0.5) is 10.1 Å². The Labute approximate surface area is 115 Å². The number of hydrogen-bond acceptors (Lipinski definition) is 5. The van der Waals surface area contributed by atoms with Crippen LogP contribution in [0.25, 0.3) is 11.4 Å². The van der Waals surface area contributed by atoms with E-state index in [0.29, 0.717) is 11.4 Å². The topological polar surface area (TPSA) is 78.8 Å². The maximum Gasteiger partial charge on any atom is 0.182 e. The molecule has 0 spiro atoms. The molecule has 6 nitrogen and oxygen atoms in total. The summed E-state index contributed by atoms with van der Waals surface area (Å²) in [5, 5.41) is 11.8. The van der Waals surface area contributed by atoms with E-state index in [9.17, 15) is 4.39 Å². The molecule has 2 atom stereocenters. The summed E-state index contributed by atoms with van der Waals surface area (Å²) in [4.78, 5) is 0. The van der Waals surface area contributed by atoms with Gasteiger partial charge in [-0.05, 0) is 47.9 Å². The summed E-state index contributed by atoms with van der Waals surface area (Å²) >= 11 is 0. The standard InChI is InChI=1S/C13H16FN5O/c1-20-12-4-2-3-11(12)19-13(16-17-18-19)8-5-6-9(14)10(15)7-8/h5-7,11-12H,2-4,15H2,1H3. The number of nitrogens with zero attached hydrogens (tertiary/aromatic N) is 4. The van der Waals surface area contributed by atoms with Gasteiger partial charge in [0.1, 0.15) is 5.82 Å². The Kier molecular flexibility index (Phi) is 3.35. The monoisotopic (exact) mass is 277 g/mol. The van der Waals surface area contributed by atoms with Crippen molar-refractivity contribution in [2.75, 3.05) is 12.8 Å². The number of anilines is 1. The van der Waals surface area contributed by atoms with Gasteiger partial charge in [-0.2, -0.15) is 0 Å². The van der Waals surface area contributed by atoms with Gasteiger partial charge in [0.25, 0.3) is 0 Å². The average molecular weight is 277 g/mol. The maximum absolute atomic E-state index is 13.3. The van der Waals surface area contributed by atoms with Gasteiger partial charge in [0.2, 0.25) is 0 Å². The van der Waals surface area contributed by atoms with Gasteiger partial charge in [-0.3, -0.25) is 0 Å². The molecule has 1 fully saturated rings. The van der Waals surface area contributed by atoms with E-state index in [2.05, 4.69) is 15.5 Å². The summed E-state index contributed by atoms with van der Waals surface area (Å²) in [5.41, 5.74) is 6.40. The molecule has 0 aliphatic heterocycles. The van der Waals surface area contributed by atoms with Crippen molar-refractivity contribution < 1.29 is 9.13 Å². The Morgan fingerprint density at radius 2 is 2.25 bits per heavy atom. The van der Waals surface area contributed by atoms with Gasteiger partial charge >= 0.3 is 0 Å². The Morgan fingerprint density at radius 3 is 3.00 bits per heavy atom. The molecule has 0 amide bonds. The lowest BCUT2D eigenvalue weighted by molar-refractivity contribution is 0.0708. The first-order valence-electron chi connectivity index (χ1n) is 6.56. The fourth-order valence-corrected chi connectivity index (χ4v) is 2.75. The highest BCUT2D eigenvalue weighted by molar-refractivity contribution is 5.61. The van der Waals surface area contributed by atoms with Gasteiger partial charge in [0.15, 0.2) is 5.82 Å². The molecule has 1 aromatic carbocycles. The Balaban J connectivity index is 1.99. The maximum atomic E-state index is 13.3. The van der Waals surface area contributed by atoms with Crippen molar-refractivity contribution in [2.45, 2.75) is 31.4 Å². The second-order valence-electron chi connectivity index (χ2n) is 4.96. The largest absolute Gasteiger partial charge is 0.396 e. The van der Waals surface area contributed by atoms with Gasteiger partial charge in [-0.25, -0.2) is 9.07 Å². The van der Waals surface area contributed by atoms with Crippen LogP contribution >= 0.6 is 0 Å². The van der Waals surface area contributed by atoms with E-state index >= 15 is 0 Å². The Hall–Kier alpha value is -2.02. The second-order valence-corrected chi connectivity index (χ2v) is 4.96. The number of hydrogen-bond donors (Lipinski definition) is 1. The van der Waals surface area contributed by atoms with Crippen LogP contribution in [0.2, 0.25) is 0 Å². The minimum atomic E-state index is -0.441. The van der Waals surface area contributed by atoms with Crippen molar-refractivity contribution in [1.82, 2.24) is 20.2 Å². The molecule has 1 aliphatic carbocycles. The highest BCUT2D eigenvalue weighted by Crippen LogP contribution is 2.34. The van der Waals surface area contributed by atoms with Crippen LogP contribution in [0, 0.1) is 5.82 Å². The minimum Gasteiger partial charge on any atom is -0.396 e. The van der Waals surface area contributed by atoms with E-state index in [4.69, 9.17) is 10.5 Å². The smallest absolute Gasteiger partial charge is 0.182 e. The predicted octanol–water partition coefficient (Wildman–Crippen LogP) is 1.80. The highest BCUT2D eigenvalue weighted by atomic mass is 19.1. The molecular formula is C13H16FN5O. The van der Waals surface area contributed by atoms with Crippen LogP contribution in [0.15, 0.2) is 18.2 Å². The van der Waals surface area contributed by atoms with Crippen molar-refractivity contribution in [3.8, 4) is 11.4 Å². The third kappa shape index (κ3) is 2.14. The number of nitrogens with two attached hydrogens (primary N) is 1. The molecule has 1 aliphatic rings. The van der Waals surface area contributed by atoms with Crippen molar-refractivity contribution in [2.24, 2.45) is 0 Å². The van der Waals surface area contributed by atoms with Gasteiger partial charge in [-0.1, -0.05) is 0 Å². The number of benzene rings is 1. The van der Waals surface area contributed by atoms with Crippen molar-refractivity contribution in [1.29, 1.82) is 0 Å². The number of methoxy groups -OCH3 is 1. The molecule has 106 valence electrons. The van der Waals surface area contributed by atoms with Crippen LogP contribution in [-0.2, 0) is 4.74 Å². The van der Waals surface area contributed by atoms with Crippen LogP contribution in [0.1, 0.15) is 25.3 Å².